The van der Waals surface area contributed by atoms with Crippen molar-refractivity contribution in [3.8, 4) is 11.5 Å². The van der Waals surface area contributed by atoms with E-state index in [-0.39, 0.29) is 5.91 Å². The summed E-state index contributed by atoms with van der Waals surface area (Å²) in [4.78, 5) is 15.8. The maximum atomic E-state index is 11.8. The average Bonchev–Trinajstić information content (AvgIpc) is 3.11. The lowest BCUT2D eigenvalue weighted by Crippen LogP contribution is -2.25. The molecule has 3 aromatic rings. The number of aryl methyl sites for hydroxylation is 1. The van der Waals surface area contributed by atoms with Crippen LogP contribution in [0.1, 0.15) is 17.9 Å². The van der Waals surface area contributed by atoms with Crippen molar-refractivity contribution < 1.29 is 9.21 Å². The monoisotopic (exact) mass is 322 g/mol. The second-order valence-electron chi connectivity index (χ2n) is 5.32. The van der Waals surface area contributed by atoms with Crippen LogP contribution < -0.4 is 5.32 Å². The zero-order valence-electron chi connectivity index (χ0n) is 13.2. The molecule has 1 N–H and O–H groups in total. The van der Waals surface area contributed by atoms with Crippen molar-refractivity contribution >= 4 is 5.91 Å². The van der Waals surface area contributed by atoms with Crippen molar-refractivity contribution in [3.63, 3.8) is 0 Å². The first-order valence-electron chi connectivity index (χ1n) is 7.84. The normalized spacial score (nSPS) is 10.5. The van der Waals surface area contributed by atoms with Gasteiger partial charge in [-0.15, -0.1) is 10.2 Å². The van der Waals surface area contributed by atoms with Gasteiger partial charge >= 0.3 is 0 Å². The lowest BCUT2D eigenvalue weighted by atomic mass is 10.1. The van der Waals surface area contributed by atoms with Crippen molar-refractivity contribution in [1.82, 2.24) is 20.5 Å². The number of amides is 1. The van der Waals surface area contributed by atoms with E-state index in [1.807, 2.05) is 42.5 Å². The van der Waals surface area contributed by atoms with Crippen LogP contribution in [0.4, 0.5) is 0 Å². The molecule has 0 atom stereocenters. The predicted molar refractivity (Wildman–Crippen MR) is 89.0 cm³/mol. The number of carbonyl (C=O) groups excluding carboxylic acids is 1. The van der Waals surface area contributed by atoms with Crippen molar-refractivity contribution in [2.24, 2.45) is 0 Å². The molecule has 0 fully saturated rings. The largest absolute Gasteiger partial charge is 0.421 e. The van der Waals surface area contributed by atoms with Crippen LogP contribution in [-0.4, -0.2) is 27.6 Å². The molecule has 1 aromatic carbocycles. The Kier molecular flexibility index (Phi) is 5.29. The van der Waals surface area contributed by atoms with E-state index in [2.05, 4.69) is 20.5 Å². The second kappa shape index (κ2) is 8.01. The van der Waals surface area contributed by atoms with Crippen LogP contribution in [0.3, 0.4) is 0 Å². The number of aromatic nitrogens is 3. The van der Waals surface area contributed by atoms with E-state index in [1.54, 1.807) is 12.4 Å². The highest BCUT2D eigenvalue weighted by molar-refractivity contribution is 5.76. The molecule has 1 amide bonds. The predicted octanol–water partition coefficient (Wildman–Crippen LogP) is 2.42. The van der Waals surface area contributed by atoms with Gasteiger partial charge in [0.2, 0.25) is 17.7 Å². The quantitative estimate of drug-likeness (QED) is 0.722. The number of hydrogen-bond donors (Lipinski definition) is 1. The number of carbonyl (C=O) groups is 1. The lowest BCUT2D eigenvalue weighted by molar-refractivity contribution is -0.121. The molecule has 0 aliphatic rings. The summed E-state index contributed by atoms with van der Waals surface area (Å²) in [6.45, 7) is 0.478. The summed E-state index contributed by atoms with van der Waals surface area (Å²) in [5.41, 5.74) is 1.99. The molecule has 2 heterocycles. The van der Waals surface area contributed by atoms with Gasteiger partial charge in [0.1, 0.15) is 0 Å². The van der Waals surface area contributed by atoms with Crippen molar-refractivity contribution in [2.45, 2.75) is 19.3 Å². The van der Waals surface area contributed by atoms with E-state index in [1.165, 1.54) is 0 Å². The summed E-state index contributed by atoms with van der Waals surface area (Å²) < 4.78 is 5.58. The number of hydrogen-bond acceptors (Lipinski definition) is 5. The Bertz CT molecular complexity index is 772. The Morgan fingerprint density at radius 1 is 1.00 bits per heavy atom. The Labute approximate surface area is 140 Å². The Balaban J connectivity index is 1.42. The van der Waals surface area contributed by atoms with Gasteiger partial charge in [-0.2, -0.15) is 0 Å². The third-order valence-corrected chi connectivity index (χ3v) is 3.54. The van der Waals surface area contributed by atoms with E-state index in [4.69, 9.17) is 4.42 Å². The van der Waals surface area contributed by atoms with Crippen LogP contribution in [0.5, 0.6) is 0 Å². The zero-order valence-corrected chi connectivity index (χ0v) is 13.2. The van der Waals surface area contributed by atoms with Gasteiger partial charge in [0.05, 0.1) is 0 Å². The van der Waals surface area contributed by atoms with Crippen LogP contribution in [0, 0.1) is 0 Å². The molecular weight excluding hydrogens is 304 g/mol. The Hall–Kier alpha value is -3.02. The molecule has 0 bridgehead atoms. The summed E-state index contributed by atoms with van der Waals surface area (Å²) >= 11 is 0. The summed E-state index contributed by atoms with van der Waals surface area (Å²) in [5.74, 6) is 0.987. The van der Waals surface area contributed by atoms with Gasteiger partial charge in [0.15, 0.2) is 0 Å². The molecule has 122 valence electrons. The fraction of sp³-hybridized carbons (Fsp3) is 0.222. The van der Waals surface area contributed by atoms with Gasteiger partial charge in [-0.3, -0.25) is 9.78 Å². The van der Waals surface area contributed by atoms with Crippen molar-refractivity contribution in [2.75, 3.05) is 6.54 Å². The van der Waals surface area contributed by atoms with Crippen LogP contribution >= 0.6 is 0 Å². The maximum Gasteiger partial charge on any atom is 0.247 e. The number of nitrogens with zero attached hydrogens (tertiary/aromatic N) is 3. The topological polar surface area (TPSA) is 80.9 Å². The van der Waals surface area contributed by atoms with Crippen molar-refractivity contribution in [3.05, 3.63) is 66.3 Å². The van der Waals surface area contributed by atoms with Crippen LogP contribution in [-0.2, 0) is 17.6 Å². The Morgan fingerprint density at radius 2 is 1.79 bits per heavy atom. The highest BCUT2D eigenvalue weighted by Crippen LogP contribution is 2.16. The molecule has 6 nitrogen and oxygen atoms in total. The average molecular weight is 322 g/mol. The van der Waals surface area contributed by atoms with Crippen molar-refractivity contribution in [1.29, 1.82) is 0 Å². The third kappa shape index (κ3) is 4.49. The van der Waals surface area contributed by atoms with Gasteiger partial charge in [0.25, 0.3) is 0 Å². The highest BCUT2D eigenvalue weighted by atomic mass is 16.4. The molecule has 0 aliphatic heterocycles. The standard InChI is InChI=1S/C18H18N4O2/c23-16(7-6-14-4-2-1-3-5-14)20-13-10-17-21-22-18(24-17)15-8-11-19-12-9-15/h1-5,8-9,11-12H,6-7,10,13H2,(H,20,23). The van der Waals surface area contributed by atoms with Gasteiger partial charge in [-0.1, -0.05) is 30.3 Å². The molecule has 0 spiro atoms. The van der Waals surface area contributed by atoms with Gasteiger partial charge in [0, 0.05) is 37.3 Å². The minimum absolute atomic E-state index is 0.0210. The van der Waals surface area contributed by atoms with Crippen LogP contribution in [0.15, 0.2) is 59.3 Å². The number of benzene rings is 1. The molecule has 2 aromatic heterocycles. The molecule has 0 radical (unpaired) electrons. The van der Waals surface area contributed by atoms with E-state index in [0.29, 0.717) is 31.2 Å². The van der Waals surface area contributed by atoms with Crippen LogP contribution in [0.25, 0.3) is 11.5 Å². The number of pyridine rings is 1. The number of rotatable bonds is 7. The molecule has 0 saturated heterocycles. The fourth-order valence-electron chi connectivity index (χ4n) is 2.27. The van der Waals surface area contributed by atoms with E-state index in [0.717, 1.165) is 17.5 Å². The van der Waals surface area contributed by atoms with Gasteiger partial charge < -0.3 is 9.73 Å². The third-order valence-electron chi connectivity index (χ3n) is 3.54. The molecule has 0 aliphatic carbocycles. The molecule has 3 rings (SSSR count). The van der Waals surface area contributed by atoms with E-state index < -0.39 is 0 Å². The fourth-order valence-corrected chi connectivity index (χ4v) is 2.27. The molecule has 0 saturated carbocycles. The highest BCUT2D eigenvalue weighted by Gasteiger charge is 2.09. The molecule has 6 heteroatoms. The van der Waals surface area contributed by atoms with E-state index in [9.17, 15) is 4.79 Å². The Morgan fingerprint density at radius 3 is 2.58 bits per heavy atom. The SMILES string of the molecule is O=C(CCc1ccccc1)NCCc1nnc(-c2ccncc2)o1. The summed E-state index contributed by atoms with van der Waals surface area (Å²) in [6.07, 6.45) is 5.06. The minimum Gasteiger partial charge on any atom is -0.421 e. The van der Waals surface area contributed by atoms with Gasteiger partial charge in [-0.05, 0) is 24.1 Å². The second-order valence-corrected chi connectivity index (χ2v) is 5.32. The van der Waals surface area contributed by atoms with E-state index >= 15 is 0 Å². The molecule has 24 heavy (non-hydrogen) atoms. The smallest absolute Gasteiger partial charge is 0.247 e. The summed E-state index contributed by atoms with van der Waals surface area (Å²) in [6, 6.07) is 13.6. The first-order valence-corrected chi connectivity index (χ1v) is 7.84. The number of nitrogens with one attached hydrogen (secondary N) is 1. The summed E-state index contributed by atoms with van der Waals surface area (Å²) in [7, 11) is 0. The molecular formula is C18H18N4O2. The minimum atomic E-state index is 0.0210. The molecule has 0 unspecified atom stereocenters. The zero-order chi connectivity index (χ0) is 16.6. The first-order chi connectivity index (χ1) is 11.8. The first kappa shape index (κ1) is 15.9. The van der Waals surface area contributed by atoms with Crippen LogP contribution in [0.2, 0.25) is 0 Å². The lowest BCUT2D eigenvalue weighted by Gasteiger charge is -2.03. The maximum absolute atomic E-state index is 11.8. The van der Waals surface area contributed by atoms with Gasteiger partial charge in [-0.25, -0.2) is 0 Å². The summed E-state index contributed by atoms with van der Waals surface area (Å²) in [5, 5.41) is 10.9.